The molecule has 1 unspecified atom stereocenters. The van der Waals surface area contributed by atoms with Crippen molar-refractivity contribution in [3.05, 3.63) is 65.4 Å². The van der Waals surface area contributed by atoms with E-state index in [2.05, 4.69) is 37.9 Å². The van der Waals surface area contributed by atoms with E-state index in [1.807, 2.05) is 36.5 Å². The van der Waals surface area contributed by atoms with Crippen LogP contribution in [0.2, 0.25) is 0 Å². The number of nitrogens with zero attached hydrogens (tertiary/aromatic N) is 2. The van der Waals surface area contributed by atoms with Gasteiger partial charge >= 0.3 is 0 Å². The molecule has 0 radical (unpaired) electrons. The summed E-state index contributed by atoms with van der Waals surface area (Å²) >= 11 is 0. The van der Waals surface area contributed by atoms with Gasteiger partial charge in [-0.3, -0.25) is 0 Å². The minimum absolute atomic E-state index is 0.468. The Balaban J connectivity index is 1.87. The predicted octanol–water partition coefficient (Wildman–Crippen LogP) is 5.25. The van der Waals surface area contributed by atoms with Gasteiger partial charge in [-0.25, -0.2) is 9.97 Å². The average Bonchev–Trinajstić information content (AvgIpc) is 2.68. The summed E-state index contributed by atoms with van der Waals surface area (Å²) in [5.74, 6) is 1.53. The molecule has 132 valence electrons. The zero-order chi connectivity index (χ0) is 18.1. The molecular formula is C22H22N2O2. The minimum atomic E-state index is -0.468. The Labute approximate surface area is 153 Å². The van der Waals surface area contributed by atoms with Crippen molar-refractivity contribution in [1.82, 2.24) is 9.97 Å². The van der Waals surface area contributed by atoms with Gasteiger partial charge in [0.15, 0.2) is 5.82 Å². The van der Waals surface area contributed by atoms with Crippen LogP contribution in [0.1, 0.15) is 36.3 Å². The molecule has 1 aromatic heterocycles. The first kappa shape index (κ1) is 16.7. The van der Waals surface area contributed by atoms with Gasteiger partial charge in [0.1, 0.15) is 5.75 Å². The highest BCUT2D eigenvalue weighted by molar-refractivity contribution is 5.75. The molecule has 0 aliphatic carbocycles. The van der Waals surface area contributed by atoms with Gasteiger partial charge in [0.25, 0.3) is 0 Å². The van der Waals surface area contributed by atoms with Gasteiger partial charge in [0.05, 0.1) is 17.9 Å². The highest BCUT2D eigenvalue weighted by Crippen LogP contribution is 2.43. The molecule has 4 rings (SSSR count). The summed E-state index contributed by atoms with van der Waals surface area (Å²) in [6.45, 7) is 6.91. The maximum Gasteiger partial charge on any atom is 0.230 e. The zero-order valence-corrected chi connectivity index (χ0v) is 15.3. The summed E-state index contributed by atoms with van der Waals surface area (Å²) in [7, 11) is 0. The van der Waals surface area contributed by atoms with Crippen LogP contribution in [0.25, 0.3) is 22.6 Å². The van der Waals surface area contributed by atoms with Crippen LogP contribution in [-0.4, -0.2) is 16.6 Å². The van der Waals surface area contributed by atoms with Gasteiger partial charge in [-0.15, -0.1) is 0 Å². The van der Waals surface area contributed by atoms with Gasteiger partial charge in [0.2, 0.25) is 6.29 Å². The molecular weight excluding hydrogens is 324 g/mol. The largest absolute Gasteiger partial charge is 0.460 e. The average molecular weight is 346 g/mol. The van der Waals surface area contributed by atoms with Crippen molar-refractivity contribution in [2.75, 3.05) is 6.61 Å². The van der Waals surface area contributed by atoms with Gasteiger partial charge in [0, 0.05) is 17.3 Å². The highest BCUT2D eigenvalue weighted by atomic mass is 16.7. The molecule has 1 atom stereocenters. The fourth-order valence-corrected chi connectivity index (χ4v) is 3.11. The topological polar surface area (TPSA) is 44.2 Å². The number of hydrogen-bond donors (Lipinski definition) is 0. The monoisotopic (exact) mass is 346 g/mol. The molecule has 26 heavy (non-hydrogen) atoms. The van der Waals surface area contributed by atoms with Crippen molar-refractivity contribution in [3.8, 4) is 28.4 Å². The van der Waals surface area contributed by atoms with Crippen molar-refractivity contribution in [2.45, 2.75) is 33.5 Å². The summed E-state index contributed by atoms with van der Waals surface area (Å²) in [6, 6.07) is 14.2. The van der Waals surface area contributed by atoms with Crippen LogP contribution < -0.4 is 4.74 Å². The Hall–Kier alpha value is -2.72. The Bertz CT molecular complexity index is 938. The molecule has 1 aliphatic rings. The number of aryl methyl sites for hydroxylation is 2. The summed E-state index contributed by atoms with van der Waals surface area (Å²) in [6.07, 6.45) is 2.30. The van der Waals surface area contributed by atoms with E-state index in [4.69, 9.17) is 14.5 Å². The number of ether oxygens (including phenoxy) is 2. The molecule has 2 aromatic carbocycles. The van der Waals surface area contributed by atoms with Gasteiger partial charge in [-0.2, -0.15) is 0 Å². The molecule has 0 saturated carbocycles. The van der Waals surface area contributed by atoms with Crippen LogP contribution in [0.5, 0.6) is 5.75 Å². The predicted molar refractivity (Wildman–Crippen MR) is 102 cm³/mol. The van der Waals surface area contributed by atoms with E-state index < -0.39 is 6.29 Å². The van der Waals surface area contributed by atoms with E-state index >= 15 is 0 Å². The van der Waals surface area contributed by atoms with Gasteiger partial charge < -0.3 is 9.47 Å². The molecule has 1 aliphatic heterocycles. The molecule has 0 fully saturated rings. The van der Waals surface area contributed by atoms with E-state index in [0.717, 1.165) is 34.6 Å². The second kappa shape index (κ2) is 6.89. The zero-order valence-electron chi connectivity index (χ0n) is 15.3. The van der Waals surface area contributed by atoms with Crippen LogP contribution in [0.15, 0.2) is 48.7 Å². The van der Waals surface area contributed by atoms with Crippen LogP contribution in [-0.2, 0) is 4.74 Å². The second-order valence-electron chi connectivity index (χ2n) is 6.62. The van der Waals surface area contributed by atoms with Gasteiger partial charge in [-0.05, 0) is 43.5 Å². The van der Waals surface area contributed by atoms with E-state index in [1.54, 1.807) is 0 Å². The molecule has 0 spiro atoms. The van der Waals surface area contributed by atoms with Crippen molar-refractivity contribution < 1.29 is 9.47 Å². The first-order chi connectivity index (χ1) is 12.7. The second-order valence-corrected chi connectivity index (χ2v) is 6.62. The van der Waals surface area contributed by atoms with Crippen molar-refractivity contribution in [2.24, 2.45) is 0 Å². The summed E-state index contributed by atoms with van der Waals surface area (Å²) in [4.78, 5) is 9.45. The SMILES string of the molecule is CCCOC1Oc2cc(C)c(C)cc2-c2nc(-c3ccccc3)ncc21. The molecule has 0 N–H and O–H groups in total. The lowest BCUT2D eigenvalue weighted by Gasteiger charge is -2.28. The van der Waals surface area contributed by atoms with Crippen molar-refractivity contribution >= 4 is 0 Å². The standard InChI is InChI=1S/C22H22N2O2/c1-4-10-25-22-18-13-23-21(16-8-6-5-7-9-16)24-20(18)17-11-14(2)15(3)12-19(17)26-22/h5-9,11-13,22H,4,10H2,1-3H3. The summed E-state index contributed by atoms with van der Waals surface area (Å²) < 4.78 is 12.1. The van der Waals surface area contributed by atoms with Crippen LogP contribution in [0, 0.1) is 13.8 Å². The molecule has 0 bridgehead atoms. The number of rotatable bonds is 4. The molecule has 2 heterocycles. The van der Waals surface area contributed by atoms with Crippen LogP contribution in [0.4, 0.5) is 0 Å². The lowest BCUT2D eigenvalue weighted by atomic mass is 9.98. The van der Waals surface area contributed by atoms with Crippen LogP contribution >= 0.6 is 0 Å². The third kappa shape index (κ3) is 2.97. The third-order valence-corrected chi connectivity index (χ3v) is 4.66. The number of hydrogen-bond acceptors (Lipinski definition) is 4. The Morgan fingerprint density at radius 3 is 2.62 bits per heavy atom. The van der Waals surface area contributed by atoms with E-state index in [9.17, 15) is 0 Å². The fourth-order valence-electron chi connectivity index (χ4n) is 3.11. The Morgan fingerprint density at radius 2 is 1.85 bits per heavy atom. The molecule has 4 nitrogen and oxygen atoms in total. The maximum atomic E-state index is 6.14. The summed E-state index contributed by atoms with van der Waals surface area (Å²) in [5.41, 5.74) is 6.18. The molecule has 4 heteroatoms. The smallest absolute Gasteiger partial charge is 0.230 e. The fraction of sp³-hybridized carbons (Fsp3) is 0.273. The number of fused-ring (bicyclic) bond motifs is 3. The quantitative estimate of drug-likeness (QED) is 0.647. The van der Waals surface area contributed by atoms with E-state index in [-0.39, 0.29) is 0 Å². The maximum absolute atomic E-state index is 6.14. The molecule has 3 aromatic rings. The minimum Gasteiger partial charge on any atom is -0.460 e. The van der Waals surface area contributed by atoms with Gasteiger partial charge in [-0.1, -0.05) is 37.3 Å². The van der Waals surface area contributed by atoms with Crippen LogP contribution in [0.3, 0.4) is 0 Å². The normalized spacial score (nSPS) is 15.1. The third-order valence-electron chi connectivity index (χ3n) is 4.66. The van der Waals surface area contributed by atoms with Crippen molar-refractivity contribution in [1.29, 1.82) is 0 Å². The van der Waals surface area contributed by atoms with E-state index in [1.165, 1.54) is 11.1 Å². The first-order valence-corrected chi connectivity index (χ1v) is 8.99. The Morgan fingerprint density at radius 1 is 1.08 bits per heavy atom. The highest BCUT2D eigenvalue weighted by Gasteiger charge is 2.29. The summed E-state index contributed by atoms with van der Waals surface area (Å²) in [5, 5.41) is 0. The lowest BCUT2D eigenvalue weighted by molar-refractivity contribution is -0.0852. The van der Waals surface area contributed by atoms with E-state index in [0.29, 0.717) is 12.4 Å². The number of aromatic nitrogens is 2. The first-order valence-electron chi connectivity index (χ1n) is 8.99. The Kier molecular flexibility index (Phi) is 4.43. The number of benzene rings is 2. The van der Waals surface area contributed by atoms with Crippen molar-refractivity contribution in [3.63, 3.8) is 0 Å². The molecule has 0 saturated heterocycles. The lowest BCUT2D eigenvalue weighted by Crippen LogP contribution is -2.19. The molecule has 0 amide bonds.